The lowest BCUT2D eigenvalue weighted by molar-refractivity contribution is 0.447. The van der Waals surface area contributed by atoms with Gasteiger partial charge in [0.25, 0.3) is 0 Å². The third-order valence-electron chi connectivity index (χ3n) is 1.81. The molecule has 13 heavy (non-hydrogen) atoms. The summed E-state index contributed by atoms with van der Waals surface area (Å²) in [5, 5.41) is 18.2. The standard InChI is InChI=1S/C10H13FO2/c11-4-2-1-3-8-5-9(12)7-10(13)6-8/h5-7,12-13H,1-4H2. The summed E-state index contributed by atoms with van der Waals surface area (Å²) in [5.74, 6) is 0.102. The number of rotatable bonds is 4. The molecular weight excluding hydrogens is 171 g/mol. The highest BCUT2D eigenvalue weighted by atomic mass is 19.1. The Labute approximate surface area is 76.6 Å². The smallest absolute Gasteiger partial charge is 0.119 e. The molecule has 0 aromatic heterocycles. The Morgan fingerprint density at radius 2 is 1.62 bits per heavy atom. The second-order valence-electron chi connectivity index (χ2n) is 3.00. The number of halogens is 1. The largest absolute Gasteiger partial charge is 0.508 e. The topological polar surface area (TPSA) is 40.5 Å². The van der Waals surface area contributed by atoms with Gasteiger partial charge in [-0.3, -0.25) is 4.39 Å². The number of phenols is 2. The first-order chi connectivity index (χ1) is 6.22. The van der Waals surface area contributed by atoms with Crippen molar-refractivity contribution in [1.29, 1.82) is 0 Å². The van der Waals surface area contributed by atoms with Gasteiger partial charge >= 0.3 is 0 Å². The first-order valence-corrected chi connectivity index (χ1v) is 4.30. The van der Waals surface area contributed by atoms with Crippen LogP contribution in [0.3, 0.4) is 0 Å². The fourth-order valence-electron chi connectivity index (χ4n) is 1.22. The lowest BCUT2D eigenvalue weighted by Crippen LogP contribution is -1.86. The second-order valence-corrected chi connectivity index (χ2v) is 3.00. The number of benzene rings is 1. The van der Waals surface area contributed by atoms with E-state index in [9.17, 15) is 4.39 Å². The van der Waals surface area contributed by atoms with Crippen molar-refractivity contribution in [2.24, 2.45) is 0 Å². The van der Waals surface area contributed by atoms with Crippen LogP contribution >= 0.6 is 0 Å². The Morgan fingerprint density at radius 3 is 2.15 bits per heavy atom. The monoisotopic (exact) mass is 184 g/mol. The minimum Gasteiger partial charge on any atom is -0.508 e. The van der Waals surface area contributed by atoms with Crippen LogP contribution in [0.25, 0.3) is 0 Å². The fourth-order valence-corrected chi connectivity index (χ4v) is 1.22. The molecule has 1 aromatic carbocycles. The van der Waals surface area contributed by atoms with E-state index in [1.165, 1.54) is 6.07 Å². The highest BCUT2D eigenvalue weighted by Crippen LogP contribution is 2.21. The average Bonchev–Trinajstić information content (AvgIpc) is 2.03. The number of unbranched alkanes of at least 4 members (excludes halogenated alkanes) is 1. The summed E-state index contributed by atoms with van der Waals surface area (Å²) < 4.78 is 11.8. The first-order valence-electron chi connectivity index (χ1n) is 4.30. The van der Waals surface area contributed by atoms with Gasteiger partial charge in [0.1, 0.15) is 11.5 Å². The fraction of sp³-hybridized carbons (Fsp3) is 0.400. The lowest BCUT2D eigenvalue weighted by Gasteiger charge is -2.02. The van der Waals surface area contributed by atoms with Gasteiger partial charge in [0.2, 0.25) is 0 Å². The van der Waals surface area contributed by atoms with Crippen molar-refractivity contribution in [3.05, 3.63) is 23.8 Å². The van der Waals surface area contributed by atoms with Crippen LogP contribution < -0.4 is 0 Å². The molecule has 2 N–H and O–H groups in total. The van der Waals surface area contributed by atoms with Gasteiger partial charge in [-0.1, -0.05) is 0 Å². The van der Waals surface area contributed by atoms with E-state index in [1.807, 2.05) is 0 Å². The van der Waals surface area contributed by atoms with E-state index < -0.39 is 0 Å². The van der Waals surface area contributed by atoms with Crippen molar-refractivity contribution >= 4 is 0 Å². The Bertz CT molecular complexity index is 253. The Kier molecular flexibility index (Phi) is 3.55. The van der Waals surface area contributed by atoms with E-state index >= 15 is 0 Å². The van der Waals surface area contributed by atoms with Gasteiger partial charge in [-0.25, -0.2) is 0 Å². The number of aromatic hydroxyl groups is 2. The van der Waals surface area contributed by atoms with Gasteiger partial charge in [0.15, 0.2) is 0 Å². The summed E-state index contributed by atoms with van der Waals surface area (Å²) in [6, 6.07) is 4.44. The highest BCUT2D eigenvalue weighted by molar-refractivity contribution is 5.36. The average molecular weight is 184 g/mol. The van der Waals surface area contributed by atoms with Gasteiger partial charge in [-0.15, -0.1) is 0 Å². The molecule has 1 rings (SSSR count). The van der Waals surface area contributed by atoms with E-state index in [-0.39, 0.29) is 18.2 Å². The Hall–Kier alpha value is -1.25. The molecular formula is C10H13FO2. The lowest BCUT2D eigenvalue weighted by atomic mass is 10.1. The van der Waals surface area contributed by atoms with Crippen molar-refractivity contribution in [2.45, 2.75) is 19.3 Å². The Balaban J connectivity index is 2.56. The molecule has 0 bridgehead atoms. The first kappa shape index (κ1) is 9.84. The van der Waals surface area contributed by atoms with Crippen LogP contribution in [0.1, 0.15) is 18.4 Å². The number of phenolic OH excluding ortho intramolecular Hbond substituents is 2. The van der Waals surface area contributed by atoms with E-state index in [1.54, 1.807) is 12.1 Å². The molecule has 2 nitrogen and oxygen atoms in total. The van der Waals surface area contributed by atoms with Crippen LogP contribution in [0.2, 0.25) is 0 Å². The van der Waals surface area contributed by atoms with Crippen molar-refractivity contribution < 1.29 is 14.6 Å². The SMILES string of the molecule is Oc1cc(O)cc(CCCCF)c1. The van der Waals surface area contributed by atoms with E-state index in [0.717, 1.165) is 12.0 Å². The molecule has 0 saturated carbocycles. The maximum absolute atomic E-state index is 11.8. The zero-order chi connectivity index (χ0) is 9.68. The highest BCUT2D eigenvalue weighted by Gasteiger charge is 1.98. The van der Waals surface area contributed by atoms with Crippen LogP contribution in [-0.2, 0) is 6.42 Å². The summed E-state index contributed by atoms with van der Waals surface area (Å²) in [7, 11) is 0. The molecule has 1 aromatic rings. The number of alkyl halides is 1. The van der Waals surface area contributed by atoms with Crippen molar-refractivity contribution in [2.75, 3.05) is 6.67 Å². The van der Waals surface area contributed by atoms with Gasteiger partial charge in [-0.2, -0.15) is 0 Å². The molecule has 0 spiro atoms. The number of hydrogen-bond donors (Lipinski definition) is 2. The van der Waals surface area contributed by atoms with Crippen LogP contribution in [-0.4, -0.2) is 16.9 Å². The Morgan fingerprint density at radius 1 is 1.00 bits per heavy atom. The van der Waals surface area contributed by atoms with Crippen LogP contribution in [0.5, 0.6) is 11.5 Å². The maximum atomic E-state index is 11.8. The third-order valence-corrected chi connectivity index (χ3v) is 1.81. The molecule has 0 aliphatic rings. The van der Waals surface area contributed by atoms with Gasteiger partial charge in [0, 0.05) is 6.07 Å². The van der Waals surface area contributed by atoms with Crippen LogP contribution in [0.4, 0.5) is 4.39 Å². The van der Waals surface area contributed by atoms with Crippen LogP contribution in [0, 0.1) is 0 Å². The molecule has 0 heterocycles. The molecule has 72 valence electrons. The van der Waals surface area contributed by atoms with Gasteiger partial charge in [-0.05, 0) is 37.0 Å². The molecule has 3 heteroatoms. The summed E-state index contributed by atoms with van der Waals surface area (Å²) in [6.45, 7) is -0.315. The third kappa shape index (κ3) is 3.32. The van der Waals surface area contributed by atoms with Gasteiger partial charge in [0.05, 0.1) is 6.67 Å². The molecule has 0 fully saturated rings. The molecule has 0 unspecified atom stereocenters. The molecule has 0 aliphatic heterocycles. The van der Waals surface area contributed by atoms with Crippen molar-refractivity contribution in [3.63, 3.8) is 0 Å². The normalized spacial score (nSPS) is 10.2. The van der Waals surface area contributed by atoms with E-state index in [0.29, 0.717) is 12.8 Å². The summed E-state index contributed by atoms with van der Waals surface area (Å²) in [6.07, 6.45) is 1.95. The number of aryl methyl sites for hydroxylation is 1. The minimum absolute atomic E-state index is 0.0512. The molecule has 0 atom stereocenters. The second kappa shape index (κ2) is 4.70. The predicted octanol–water partition coefficient (Wildman–Crippen LogP) is 2.39. The quantitative estimate of drug-likeness (QED) is 0.705. The van der Waals surface area contributed by atoms with Crippen molar-refractivity contribution in [3.8, 4) is 11.5 Å². The molecule has 0 aliphatic carbocycles. The summed E-state index contributed by atoms with van der Waals surface area (Å²) in [5.41, 5.74) is 0.839. The molecule has 0 radical (unpaired) electrons. The van der Waals surface area contributed by atoms with Crippen molar-refractivity contribution in [1.82, 2.24) is 0 Å². The summed E-state index contributed by atoms with van der Waals surface area (Å²) >= 11 is 0. The van der Waals surface area contributed by atoms with Gasteiger partial charge < -0.3 is 10.2 Å². The maximum Gasteiger partial charge on any atom is 0.119 e. The minimum atomic E-state index is -0.315. The predicted molar refractivity (Wildman–Crippen MR) is 48.7 cm³/mol. The summed E-state index contributed by atoms with van der Waals surface area (Å²) in [4.78, 5) is 0. The zero-order valence-corrected chi connectivity index (χ0v) is 7.33. The van der Waals surface area contributed by atoms with E-state index in [4.69, 9.17) is 10.2 Å². The van der Waals surface area contributed by atoms with E-state index in [2.05, 4.69) is 0 Å². The molecule has 0 amide bonds. The zero-order valence-electron chi connectivity index (χ0n) is 7.33. The number of hydrogen-bond acceptors (Lipinski definition) is 2. The van der Waals surface area contributed by atoms with Crippen LogP contribution in [0.15, 0.2) is 18.2 Å². The molecule has 0 saturated heterocycles.